The fraction of sp³-hybridized carbons (Fsp3) is 0.179. The zero-order valence-corrected chi connectivity index (χ0v) is 19.1. The molecule has 0 saturated carbocycles. The van der Waals surface area contributed by atoms with E-state index in [1.54, 1.807) is 0 Å². The summed E-state index contributed by atoms with van der Waals surface area (Å²) in [4.78, 5) is 30.2. The zero-order valence-electron chi connectivity index (χ0n) is 19.1. The zero-order chi connectivity index (χ0) is 23.5. The summed E-state index contributed by atoms with van der Waals surface area (Å²) in [5, 5.41) is 4.85. The minimum absolute atomic E-state index is 0.00533. The van der Waals surface area contributed by atoms with E-state index in [2.05, 4.69) is 0 Å². The fourth-order valence-electron chi connectivity index (χ4n) is 4.41. The van der Waals surface area contributed by atoms with Crippen molar-refractivity contribution in [2.45, 2.75) is 6.92 Å². The quantitative estimate of drug-likeness (QED) is 0.462. The van der Waals surface area contributed by atoms with E-state index in [9.17, 15) is 9.59 Å². The van der Waals surface area contributed by atoms with E-state index in [0.29, 0.717) is 43.0 Å². The number of hydrogen-bond acceptors (Lipinski definition) is 3. The lowest BCUT2D eigenvalue weighted by Gasteiger charge is -2.35. The van der Waals surface area contributed by atoms with Crippen molar-refractivity contribution < 1.29 is 9.59 Å². The second-order valence-corrected chi connectivity index (χ2v) is 8.37. The third-order valence-electron chi connectivity index (χ3n) is 6.25. The van der Waals surface area contributed by atoms with Crippen LogP contribution in [0.25, 0.3) is 16.9 Å². The Morgan fingerprint density at radius 3 is 1.76 bits per heavy atom. The molecule has 1 aliphatic rings. The number of rotatable bonds is 4. The van der Waals surface area contributed by atoms with Crippen LogP contribution in [-0.4, -0.2) is 57.6 Å². The summed E-state index contributed by atoms with van der Waals surface area (Å²) >= 11 is 0. The molecule has 5 rings (SSSR count). The highest BCUT2D eigenvalue weighted by atomic mass is 16.2. The molecule has 3 aromatic carbocycles. The van der Waals surface area contributed by atoms with Gasteiger partial charge in [-0.05, 0) is 31.2 Å². The summed E-state index contributed by atoms with van der Waals surface area (Å²) in [7, 11) is 0. The van der Waals surface area contributed by atoms with Crippen LogP contribution in [0.2, 0.25) is 0 Å². The van der Waals surface area contributed by atoms with Gasteiger partial charge in [0.25, 0.3) is 11.8 Å². The monoisotopic (exact) mass is 450 g/mol. The van der Waals surface area contributed by atoms with E-state index in [-0.39, 0.29) is 11.8 Å². The van der Waals surface area contributed by atoms with Crippen LogP contribution in [-0.2, 0) is 0 Å². The highest BCUT2D eigenvalue weighted by Crippen LogP contribution is 2.29. The number of carbonyl (C=O) groups is 2. The van der Waals surface area contributed by atoms with Gasteiger partial charge in [0.1, 0.15) is 5.69 Å². The normalized spacial score (nSPS) is 13.7. The molecule has 1 aromatic heterocycles. The van der Waals surface area contributed by atoms with Crippen LogP contribution >= 0.6 is 0 Å². The predicted octanol–water partition coefficient (Wildman–Crippen LogP) is 4.45. The highest BCUT2D eigenvalue weighted by molar-refractivity contribution is 6.01. The van der Waals surface area contributed by atoms with E-state index in [1.807, 2.05) is 112 Å². The van der Waals surface area contributed by atoms with Crippen LogP contribution in [0.3, 0.4) is 0 Å². The Hall–Kier alpha value is -4.19. The van der Waals surface area contributed by atoms with Crippen LogP contribution in [0, 0.1) is 6.92 Å². The number of aromatic nitrogens is 2. The van der Waals surface area contributed by atoms with Gasteiger partial charge in [-0.25, -0.2) is 4.68 Å². The van der Waals surface area contributed by atoms with Crippen LogP contribution in [0.1, 0.15) is 26.4 Å². The maximum Gasteiger partial charge on any atom is 0.258 e. The first kappa shape index (κ1) is 21.6. The molecule has 0 N–H and O–H groups in total. The molecule has 170 valence electrons. The molecular weight excluding hydrogens is 424 g/mol. The molecule has 6 heteroatoms. The second kappa shape index (κ2) is 9.35. The van der Waals surface area contributed by atoms with Crippen LogP contribution < -0.4 is 0 Å². The van der Waals surface area contributed by atoms with E-state index in [1.165, 1.54) is 0 Å². The van der Waals surface area contributed by atoms with Crippen molar-refractivity contribution in [2.24, 2.45) is 0 Å². The first-order valence-electron chi connectivity index (χ1n) is 11.5. The van der Waals surface area contributed by atoms with Crippen molar-refractivity contribution in [3.8, 4) is 16.9 Å². The molecule has 4 aromatic rings. The maximum absolute atomic E-state index is 13.8. The second-order valence-electron chi connectivity index (χ2n) is 8.37. The van der Waals surface area contributed by atoms with Crippen LogP contribution in [0.4, 0.5) is 0 Å². The summed E-state index contributed by atoms with van der Waals surface area (Å²) in [6.07, 6.45) is 0. The van der Waals surface area contributed by atoms with Gasteiger partial charge in [0, 0.05) is 37.3 Å². The van der Waals surface area contributed by atoms with Crippen molar-refractivity contribution >= 4 is 11.8 Å². The van der Waals surface area contributed by atoms with Gasteiger partial charge in [0.15, 0.2) is 0 Å². The van der Waals surface area contributed by atoms with Crippen molar-refractivity contribution in [3.05, 3.63) is 108 Å². The van der Waals surface area contributed by atoms with E-state index >= 15 is 0 Å². The molecule has 0 spiro atoms. The van der Waals surface area contributed by atoms with Gasteiger partial charge in [0.2, 0.25) is 0 Å². The summed E-state index contributed by atoms with van der Waals surface area (Å²) in [6, 6.07) is 28.9. The molecule has 0 bridgehead atoms. The summed E-state index contributed by atoms with van der Waals surface area (Å²) in [6.45, 7) is 3.93. The molecule has 2 amide bonds. The summed E-state index contributed by atoms with van der Waals surface area (Å²) < 4.78 is 1.84. The Labute approximate surface area is 199 Å². The molecule has 1 aliphatic heterocycles. The minimum Gasteiger partial charge on any atom is -0.335 e. The van der Waals surface area contributed by atoms with Gasteiger partial charge >= 0.3 is 0 Å². The Kier molecular flexibility index (Phi) is 5.95. The standard InChI is InChI=1S/C28H26N4O2/c1-21-25(26(22-11-5-2-6-12-22)29-32(21)24-15-9-4-10-16-24)28(34)31-19-17-30(18-20-31)27(33)23-13-7-3-8-14-23/h2-16H,17-20H2,1H3. The fourth-order valence-corrected chi connectivity index (χ4v) is 4.41. The molecule has 2 heterocycles. The van der Waals surface area contributed by atoms with E-state index < -0.39 is 0 Å². The maximum atomic E-state index is 13.8. The molecule has 0 atom stereocenters. The van der Waals surface area contributed by atoms with Crippen molar-refractivity contribution in [3.63, 3.8) is 0 Å². The topological polar surface area (TPSA) is 58.4 Å². The number of carbonyl (C=O) groups excluding carboxylic acids is 2. The average Bonchev–Trinajstić information content (AvgIpc) is 3.26. The lowest BCUT2D eigenvalue weighted by atomic mass is 10.0. The molecule has 1 fully saturated rings. The Morgan fingerprint density at radius 2 is 1.18 bits per heavy atom. The average molecular weight is 451 g/mol. The third-order valence-corrected chi connectivity index (χ3v) is 6.25. The van der Waals surface area contributed by atoms with Gasteiger partial charge < -0.3 is 9.80 Å². The van der Waals surface area contributed by atoms with Gasteiger partial charge in [0.05, 0.1) is 16.9 Å². The van der Waals surface area contributed by atoms with Crippen LogP contribution in [0.15, 0.2) is 91.0 Å². The number of hydrogen-bond donors (Lipinski definition) is 0. The minimum atomic E-state index is -0.0506. The van der Waals surface area contributed by atoms with Crippen molar-refractivity contribution in [2.75, 3.05) is 26.2 Å². The van der Waals surface area contributed by atoms with E-state index in [4.69, 9.17) is 5.10 Å². The predicted molar refractivity (Wildman–Crippen MR) is 132 cm³/mol. The third kappa shape index (κ3) is 4.10. The number of piperazine rings is 1. The first-order chi connectivity index (χ1) is 16.6. The lowest BCUT2D eigenvalue weighted by molar-refractivity contribution is 0.0535. The van der Waals surface area contributed by atoms with Crippen molar-refractivity contribution in [1.29, 1.82) is 0 Å². The Morgan fingerprint density at radius 1 is 0.676 bits per heavy atom. The number of amides is 2. The van der Waals surface area contributed by atoms with Gasteiger partial charge in [-0.3, -0.25) is 9.59 Å². The Bertz CT molecular complexity index is 1290. The van der Waals surface area contributed by atoms with E-state index in [0.717, 1.165) is 16.9 Å². The largest absolute Gasteiger partial charge is 0.335 e. The number of para-hydroxylation sites is 1. The molecule has 0 unspecified atom stereocenters. The van der Waals surface area contributed by atoms with Gasteiger partial charge in [-0.15, -0.1) is 0 Å². The smallest absolute Gasteiger partial charge is 0.258 e. The van der Waals surface area contributed by atoms with Gasteiger partial charge in [-0.2, -0.15) is 5.10 Å². The molecule has 34 heavy (non-hydrogen) atoms. The molecule has 0 radical (unpaired) electrons. The van der Waals surface area contributed by atoms with Crippen LogP contribution in [0.5, 0.6) is 0 Å². The summed E-state index contributed by atoms with van der Waals surface area (Å²) in [5.41, 5.74) is 4.58. The SMILES string of the molecule is Cc1c(C(=O)N2CCN(C(=O)c3ccccc3)CC2)c(-c2ccccc2)nn1-c1ccccc1. The number of benzene rings is 3. The van der Waals surface area contributed by atoms with Gasteiger partial charge in [-0.1, -0.05) is 66.7 Å². The molecular formula is C28H26N4O2. The Balaban J connectivity index is 1.43. The summed E-state index contributed by atoms with van der Waals surface area (Å²) in [5.74, 6) is -0.0453. The highest BCUT2D eigenvalue weighted by Gasteiger charge is 2.30. The molecule has 6 nitrogen and oxygen atoms in total. The first-order valence-corrected chi connectivity index (χ1v) is 11.5. The molecule has 0 aliphatic carbocycles. The lowest BCUT2D eigenvalue weighted by Crippen LogP contribution is -2.50. The molecule has 1 saturated heterocycles. The van der Waals surface area contributed by atoms with Crippen molar-refractivity contribution in [1.82, 2.24) is 19.6 Å². The number of nitrogens with zero attached hydrogens (tertiary/aromatic N) is 4.